The number of amides is 1. The van der Waals surface area contributed by atoms with Crippen molar-refractivity contribution in [3.63, 3.8) is 0 Å². The lowest BCUT2D eigenvalue weighted by Crippen LogP contribution is -2.41. The van der Waals surface area contributed by atoms with Crippen LogP contribution in [0.5, 0.6) is 0 Å². The monoisotopic (exact) mass is 442 g/mol. The molecule has 0 bridgehead atoms. The van der Waals surface area contributed by atoms with Crippen molar-refractivity contribution >= 4 is 33.3 Å². The second-order valence-corrected chi connectivity index (χ2v) is 9.51. The molecule has 29 heavy (non-hydrogen) atoms. The van der Waals surface area contributed by atoms with Crippen molar-refractivity contribution in [3.8, 4) is 0 Å². The van der Waals surface area contributed by atoms with E-state index < -0.39 is 15.8 Å². The van der Waals surface area contributed by atoms with Crippen molar-refractivity contribution in [1.82, 2.24) is 14.1 Å². The molecule has 1 saturated heterocycles. The molecule has 7 nitrogen and oxygen atoms in total. The molecule has 0 aliphatic carbocycles. The third kappa shape index (κ3) is 4.62. The summed E-state index contributed by atoms with van der Waals surface area (Å²) in [6.07, 6.45) is 3.33. The van der Waals surface area contributed by atoms with Crippen molar-refractivity contribution in [3.05, 3.63) is 41.3 Å². The Balaban J connectivity index is 1.63. The first-order valence-electron chi connectivity index (χ1n) is 9.53. The lowest BCUT2D eigenvalue weighted by Gasteiger charge is -2.30. The van der Waals surface area contributed by atoms with Crippen LogP contribution in [0.2, 0.25) is 5.02 Å². The average molecular weight is 443 g/mol. The van der Waals surface area contributed by atoms with Crippen molar-refractivity contribution in [1.29, 1.82) is 0 Å². The summed E-state index contributed by atoms with van der Waals surface area (Å²) in [5, 5.41) is 6.92. The number of carbonyl (C=O) groups excluding carboxylic acids is 1. The van der Waals surface area contributed by atoms with E-state index in [1.807, 2.05) is 13.8 Å². The first kappa shape index (κ1) is 21.7. The van der Waals surface area contributed by atoms with Gasteiger partial charge in [0.25, 0.3) is 0 Å². The molecule has 2 aromatic rings. The van der Waals surface area contributed by atoms with Crippen LogP contribution in [-0.4, -0.2) is 41.5 Å². The zero-order valence-electron chi connectivity index (χ0n) is 16.3. The van der Waals surface area contributed by atoms with E-state index >= 15 is 0 Å². The number of carbonyl (C=O) groups is 1. The molecule has 158 valence electrons. The number of piperidine rings is 1. The van der Waals surface area contributed by atoms with E-state index in [2.05, 4.69) is 10.4 Å². The SMILES string of the molecule is CCC(C)n1nccc1NC(=O)C1CCN(S(=O)(=O)c2ccc(F)c(Cl)c2)CC1. The van der Waals surface area contributed by atoms with Crippen LogP contribution in [0, 0.1) is 11.7 Å². The van der Waals surface area contributed by atoms with E-state index in [0.29, 0.717) is 18.7 Å². The van der Waals surface area contributed by atoms with Gasteiger partial charge in [-0.2, -0.15) is 9.40 Å². The number of hydrogen-bond acceptors (Lipinski definition) is 4. The van der Waals surface area contributed by atoms with E-state index in [4.69, 9.17) is 11.6 Å². The Morgan fingerprint density at radius 1 is 1.34 bits per heavy atom. The summed E-state index contributed by atoms with van der Waals surface area (Å²) in [6.45, 7) is 4.48. The first-order chi connectivity index (χ1) is 13.7. The van der Waals surface area contributed by atoms with Gasteiger partial charge in [0.05, 0.1) is 22.2 Å². The maximum Gasteiger partial charge on any atom is 0.243 e. The summed E-state index contributed by atoms with van der Waals surface area (Å²) >= 11 is 5.72. The fourth-order valence-corrected chi connectivity index (χ4v) is 5.05. The molecule has 3 rings (SSSR count). The number of nitrogens with one attached hydrogen (secondary N) is 1. The molecule has 1 unspecified atom stereocenters. The summed E-state index contributed by atoms with van der Waals surface area (Å²) in [7, 11) is -3.79. The normalized spacial score (nSPS) is 17.2. The van der Waals surface area contributed by atoms with Crippen LogP contribution in [0.15, 0.2) is 35.4 Å². The number of nitrogens with zero attached hydrogens (tertiary/aromatic N) is 3. The van der Waals surface area contributed by atoms with E-state index in [1.165, 1.54) is 10.4 Å². The van der Waals surface area contributed by atoms with Crippen LogP contribution < -0.4 is 5.32 Å². The quantitative estimate of drug-likeness (QED) is 0.739. The third-order valence-electron chi connectivity index (χ3n) is 5.28. The summed E-state index contributed by atoms with van der Waals surface area (Å²) in [5.74, 6) is -0.464. The van der Waals surface area contributed by atoms with E-state index in [1.54, 1.807) is 16.9 Å². The largest absolute Gasteiger partial charge is 0.311 e. The van der Waals surface area contributed by atoms with Gasteiger partial charge in [-0.3, -0.25) is 4.79 Å². The summed E-state index contributed by atoms with van der Waals surface area (Å²) in [4.78, 5) is 12.6. The van der Waals surface area contributed by atoms with Gasteiger partial charge in [-0.25, -0.2) is 17.5 Å². The lowest BCUT2D eigenvalue weighted by molar-refractivity contribution is -0.121. The molecule has 1 fully saturated rings. The van der Waals surface area contributed by atoms with E-state index in [0.717, 1.165) is 18.6 Å². The maximum absolute atomic E-state index is 13.3. The minimum Gasteiger partial charge on any atom is -0.311 e. The summed E-state index contributed by atoms with van der Waals surface area (Å²) < 4.78 is 42.0. The second kappa shape index (κ2) is 8.81. The molecule has 10 heteroatoms. The predicted molar refractivity (Wildman–Crippen MR) is 109 cm³/mol. The van der Waals surface area contributed by atoms with Crippen LogP contribution in [0.4, 0.5) is 10.2 Å². The Morgan fingerprint density at radius 2 is 2.03 bits per heavy atom. The number of sulfonamides is 1. The highest BCUT2D eigenvalue weighted by molar-refractivity contribution is 7.89. The molecule has 1 aromatic heterocycles. The Kier molecular flexibility index (Phi) is 6.60. The fraction of sp³-hybridized carbons (Fsp3) is 0.474. The zero-order chi connectivity index (χ0) is 21.2. The zero-order valence-corrected chi connectivity index (χ0v) is 17.9. The molecule has 2 heterocycles. The van der Waals surface area contributed by atoms with Gasteiger partial charge in [0.2, 0.25) is 15.9 Å². The summed E-state index contributed by atoms with van der Waals surface area (Å²) in [6, 6.07) is 5.26. The number of benzene rings is 1. The Bertz CT molecular complexity index is 987. The molecular weight excluding hydrogens is 419 g/mol. The Labute approximate surface area is 174 Å². The second-order valence-electron chi connectivity index (χ2n) is 7.16. The van der Waals surface area contributed by atoms with Crippen LogP contribution in [-0.2, 0) is 14.8 Å². The summed E-state index contributed by atoms with van der Waals surface area (Å²) in [5.41, 5.74) is 0. The topological polar surface area (TPSA) is 84.3 Å². The van der Waals surface area contributed by atoms with Crippen molar-refractivity contribution in [2.24, 2.45) is 5.92 Å². The molecule has 1 aliphatic heterocycles. The van der Waals surface area contributed by atoms with Gasteiger partial charge < -0.3 is 5.32 Å². The van der Waals surface area contributed by atoms with Crippen LogP contribution >= 0.6 is 11.6 Å². The van der Waals surface area contributed by atoms with Gasteiger partial charge in [-0.05, 0) is 44.4 Å². The van der Waals surface area contributed by atoms with Crippen molar-refractivity contribution in [2.75, 3.05) is 18.4 Å². The standard InChI is InChI=1S/C19H24ClFN4O3S/c1-3-13(2)25-18(6-9-22-25)23-19(26)14-7-10-24(11-8-14)29(27,28)15-4-5-17(21)16(20)12-15/h4-6,9,12-14H,3,7-8,10-11H2,1-2H3,(H,23,26). The van der Waals surface area contributed by atoms with E-state index in [9.17, 15) is 17.6 Å². The molecule has 1 atom stereocenters. The third-order valence-corrected chi connectivity index (χ3v) is 7.47. The lowest BCUT2D eigenvalue weighted by atomic mass is 9.97. The molecular formula is C19H24ClFN4O3S. The number of rotatable bonds is 6. The fourth-order valence-electron chi connectivity index (χ4n) is 3.31. The molecule has 0 spiro atoms. The Morgan fingerprint density at radius 3 is 2.66 bits per heavy atom. The number of halogens is 2. The first-order valence-corrected chi connectivity index (χ1v) is 11.4. The molecule has 0 saturated carbocycles. The molecule has 1 aliphatic rings. The highest BCUT2D eigenvalue weighted by Crippen LogP contribution is 2.27. The molecule has 1 aromatic carbocycles. The van der Waals surface area contributed by atoms with Gasteiger partial charge in [-0.15, -0.1) is 0 Å². The van der Waals surface area contributed by atoms with Gasteiger partial charge in [0.15, 0.2) is 0 Å². The highest BCUT2D eigenvalue weighted by atomic mass is 35.5. The van der Waals surface area contributed by atoms with Gasteiger partial charge in [0, 0.05) is 25.1 Å². The number of aromatic nitrogens is 2. The van der Waals surface area contributed by atoms with Crippen LogP contribution in [0.1, 0.15) is 39.2 Å². The minimum atomic E-state index is -3.79. The van der Waals surface area contributed by atoms with Gasteiger partial charge in [0.1, 0.15) is 11.6 Å². The average Bonchev–Trinajstić information content (AvgIpc) is 3.17. The van der Waals surface area contributed by atoms with Crippen molar-refractivity contribution in [2.45, 2.75) is 44.0 Å². The number of anilines is 1. The van der Waals surface area contributed by atoms with Gasteiger partial charge in [-0.1, -0.05) is 18.5 Å². The smallest absolute Gasteiger partial charge is 0.243 e. The highest BCUT2D eigenvalue weighted by Gasteiger charge is 2.32. The predicted octanol–water partition coefficient (Wildman–Crippen LogP) is 3.69. The molecule has 0 radical (unpaired) electrons. The van der Waals surface area contributed by atoms with Gasteiger partial charge >= 0.3 is 0 Å². The maximum atomic E-state index is 13.3. The van der Waals surface area contributed by atoms with Crippen molar-refractivity contribution < 1.29 is 17.6 Å². The Hall–Kier alpha value is -1.97. The molecule has 1 amide bonds. The molecule has 1 N–H and O–H groups in total. The number of hydrogen-bond donors (Lipinski definition) is 1. The van der Waals surface area contributed by atoms with Crippen LogP contribution in [0.25, 0.3) is 0 Å². The minimum absolute atomic E-state index is 0.0516. The van der Waals surface area contributed by atoms with Crippen LogP contribution in [0.3, 0.4) is 0 Å². The van der Waals surface area contributed by atoms with E-state index in [-0.39, 0.29) is 40.9 Å².